The van der Waals surface area contributed by atoms with Crippen molar-refractivity contribution in [3.63, 3.8) is 0 Å². The Kier molecular flexibility index (Phi) is 13.0. The van der Waals surface area contributed by atoms with E-state index in [0.29, 0.717) is 0 Å². The van der Waals surface area contributed by atoms with Crippen LogP contribution >= 0.6 is 7.82 Å². The van der Waals surface area contributed by atoms with Crippen molar-refractivity contribution in [2.24, 2.45) is 0 Å². The normalized spacial score (nSPS) is 26.3. The van der Waals surface area contributed by atoms with Crippen LogP contribution in [-0.2, 0) is 27.6 Å². The van der Waals surface area contributed by atoms with Gasteiger partial charge in [0.05, 0.1) is 19.8 Å². The van der Waals surface area contributed by atoms with Gasteiger partial charge in [0.2, 0.25) is 6.29 Å². The molecule has 2 aliphatic rings. The summed E-state index contributed by atoms with van der Waals surface area (Å²) in [7, 11) is -3.57. The maximum absolute atomic E-state index is 12.1. The maximum Gasteiger partial charge on any atom is 0.477 e. The molecule has 0 spiro atoms. The molecule has 0 radical (unpaired) electrons. The second kappa shape index (κ2) is 14.9. The van der Waals surface area contributed by atoms with Gasteiger partial charge in [-0.05, 0) is 12.8 Å². The molecule has 0 bridgehead atoms. The lowest BCUT2D eigenvalue weighted by molar-refractivity contribution is -0.113. The molecule has 8 heteroatoms. The molecule has 0 aliphatic carbocycles. The number of rotatable bonds is 17. The lowest BCUT2D eigenvalue weighted by Gasteiger charge is -2.17. The molecule has 2 fully saturated rings. The van der Waals surface area contributed by atoms with Gasteiger partial charge < -0.3 is 14.6 Å². The fourth-order valence-corrected chi connectivity index (χ4v) is 4.97. The second-order valence-corrected chi connectivity index (χ2v) is 9.66. The van der Waals surface area contributed by atoms with Crippen molar-refractivity contribution < 1.29 is 32.7 Å². The van der Waals surface area contributed by atoms with Gasteiger partial charge >= 0.3 is 7.82 Å². The molecular formula is C21H41O7P. The summed E-state index contributed by atoms with van der Waals surface area (Å²) in [5, 5.41) is 9.44. The number of unbranched alkanes of at least 4 members (excludes halogenated alkanes) is 12. The third-order valence-corrected chi connectivity index (χ3v) is 6.92. The van der Waals surface area contributed by atoms with Gasteiger partial charge in [-0.25, -0.2) is 4.57 Å². The average Bonchev–Trinajstić information content (AvgIpc) is 3.31. The van der Waals surface area contributed by atoms with E-state index in [-0.39, 0.29) is 19.8 Å². The highest BCUT2D eigenvalue weighted by molar-refractivity contribution is 7.48. The van der Waals surface area contributed by atoms with Crippen molar-refractivity contribution in [1.82, 2.24) is 0 Å². The van der Waals surface area contributed by atoms with Gasteiger partial charge in [0.15, 0.2) is 6.29 Å². The third-order valence-electron chi connectivity index (χ3n) is 5.45. The Hall–Kier alpha value is -0.0100. The van der Waals surface area contributed by atoms with E-state index < -0.39 is 26.5 Å². The largest absolute Gasteiger partial charge is 0.477 e. The molecule has 29 heavy (non-hydrogen) atoms. The van der Waals surface area contributed by atoms with E-state index in [1.54, 1.807) is 0 Å². The van der Waals surface area contributed by atoms with Crippen molar-refractivity contribution in [2.75, 3.05) is 19.8 Å². The summed E-state index contributed by atoms with van der Waals surface area (Å²) in [6.45, 7) is 2.46. The molecule has 1 N–H and O–H groups in total. The molecular weight excluding hydrogens is 395 g/mol. The van der Waals surface area contributed by atoms with Gasteiger partial charge in [-0.15, -0.1) is 0 Å². The van der Waals surface area contributed by atoms with Crippen molar-refractivity contribution >= 4 is 7.82 Å². The Labute approximate surface area is 176 Å². The number of hydrogen-bond acceptors (Lipinski definition) is 7. The Balaban J connectivity index is 1.44. The lowest BCUT2D eigenvalue weighted by atomic mass is 10.0. The van der Waals surface area contributed by atoms with Crippen molar-refractivity contribution in [1.29, 1.82) is 0 Å². The van der Waals surface area contributed by atoms with Crippen molar-refractivity contribution in [3.05, 3.63) is 0 Å². The van der Waals surface area contributed by atoms with Gasteiger partial charge in [-0.1, -0.05) is 84.0 Å². The van der Waals surface area contributed by atoms with Crippen LogP contribution in [-0.4, -0.2) is 43.6 Å². The molecule has 2 aliphatic heterocycles. The summed E-state index contributed by atoms with van der Waals surface area (Å²) < 4.78 is 38.8. The maximum atomic E-state index is 12.1. The minimum absolute atomic E-state index is 0.233. The lowest BCUT2D eigenvalue weighted by Crippen LogP contribution is -2.28. The van der Waals surface area contributed by atoms with E-state index in [9.17, 15) is 9.67 Å². The van der Waals surface area contributed by atoms with Crippen LogP contribution in [0.25, 0.3) is 0 Å². The van der Waals surface area contributed by atoms with Gasteiger partial charge in [0.1, 0.15) is 6.10 Å². The highest BCUT2D eigenvalue weighted by atomic mass is 31.2. The Morgan fingerprint density at radius 2 is 1.34 bits per heavy atom. The molecule has 3 atom stereocenters. The summed E-state index contributed by atoms with van der Waals surface area (Å²) in [5.74, 6) is 0. The number of aliphatic hydroxyl groups excluding tert-OH is 1. The van der Waals surface area contributed by atoms with Crippen molar-refractivity contribution in [2.45, 2.75) is 115 Å². The quantitative estimate of drug-likeness (QED) is 0.231. The topological polar surface area (TPSA) is 83.5 Å². The van der Waals surface area contributed by atoms with Gasteiger partial charge in [0, 0.05) is 0 Å². The molecule has 0 amide bonds. The molecule has 0 aromatic carbocycles. The fraction of sp³-hybridized carbons (Fsp3) is 1.00. The van der Waals surface area contributed by atoms with Gasteiger partial charge in [-0.2, -0.15) is 0 Å². The van der Waals surface area contributed by atoms with Crippen LogP contribution in [0.15, 0.2) is 0 Å². The van der Waals surface area contributed by atoms with E-state index in [2.05, 4.69) is 6.92 Å². The third kappa shape index (κ3) is 10.2. The Morgan fingerprint density at radius 3 is 1.86 bits per heavy atom. The highest BCUT2D eigenvalue weighted by Crippen LogP contribution is 2.54. The average molecular weight is 437 g/mol. The van der Waals surface area contributed by atoms with E-state index in [1.165, 1.54) is 70.6 Å². The fourth-order valence-electron chi connectivity index (χ4n) is 3.74. The van der Waals surface area contributed by atoms with Crippen LogP contribution in [0.3, 0.4) is 0 Å². The first-order valence-electron chi connectivity index (χ1n) is 11.7. The van der Waals surface area contributed by atoms with Crippen molar-refractivity contribution in [3.8, 4) is 0 Å². The molecule has 0 aromatic rings. The highest BCUT2D eigenvalue weighted by Gasteiger charge is 2.44. The Bertz CT molecular complexity index is 452. The summed E-state index contributed by atoms with van der Waals surface area (Å²) in [4.78, 5) is 0. The first-order valence-corrected chi connectivity index (χ1v) is 13.1. The number of hydrogen-bond donors (Lipinski definition) is 1. The molecule has 2 rings (SSSR count). The second-order valence-electron chi connectivity index (χ2n) is 8.04. The number of ether oxygens (including phenoxy) is 2. The minimum atomic E-state index is -3.57. The summed E-state index contributed by atoms with van der Waals surface area (Å²) in [5.41, 5.74) is 0. The zero-order valence-corrected chi connectivity index (χ0v) is 19.0. The minimum Gasteiger partial charge on any atom is -0.393 e. The first-order chi connectivity index (χ1) is 14.2. The SMILES string of the molecule is CCCCCCCCCCCCCCCC1OC(CO)C(OP2(=O)OCCO2)O1. The zero-order valence-electron chi connectivity index (χ0n) is 18.1. The van der Waals surface area contributed by atoms with Gasteiger partial charge in [-0.3, -0.25) is 13.6 Å². The van der Waals surface area contributed by atoms with E-state index >= 15 is 0 Å². The van der Waals surface area contributed by atoms with Crippen LogP contribution in [0.4, 0.5) is 0 Å². The predicted molar refractivity (Wildman–Crippen MR) is 112 cm³/mol. The van der Waals surface area contributed by atoms with Crippen LogP contribution in [0.1, 0.15) is 96.8 Å². The summed E-state index contributed by atoms with van der Waals surface area (Å²) >= 11 is 0. The monoisotopic (exact) mass is 436 g/mol. The molecule has 3 unspecified atom stereocenters. The predicted octanol–water partition coefficient (Wildman–Crippen LogP) is 5.70. The van der Waals surface area contributed by atoms with E-state index in [1.807, 2.05) is 0 Å². The van der Waals surface area contributed by atoms with Crippen LogP contribution < -0.4 is 0 Å². The molecule has 0 aromatic heterocycles. The van der Waals surface area contributed by atoms with Gasteiger partial charge in [0.25, 0.3) is 0 Å². The molecule has 2 saturated heterocycles. The van der Waals surface area contributed by atoms with E-state index in [0.717, 1.165) is 19.3 Å². The number of aliphatic hydroxyl groups is 1. The standard InChI is InChI=1S/C21H41O7P/c1-2-3-4-5-6-7-8-9-10-11-12-13-14-15-20-26-19(18-22)21(27-20)28-29(23)24-16-17-25-29/h19-22H,2-18H2,1H3. The smallest absolute Gasteiger partial charge is 0.393 e. The van der Waals surface area contributed by atoms with Crippen LogP contribution in [0.5, 0.6) is 0 Å². The van der Waals surface area contributed by atoms with E-state index in [4.69, 9.17) is 23.0 Å². The summed E-state index contributed by atoms with van der Waals surface area (Å²) in [6.07, 6.45) is 15.7. The molecule has 2 heterocycles. The van der Waals surface area contributed by atoms with Crippen LogP contribution in [0.2, 0.25) is 0 Å². The summed E-state index contributed by atoms with van der Waals surface area (Å²) in [6, 6.07) is 0. The number of phosphoric acid groups is 1. The first kappa shape index (κ1) is 25.3. The van der Waals surface area contributed by atoms with Crippen LogP contribution in [0, 0.1) is 0 Å². The Morgan fingerprint density at radius 1 is 0.828 bits per heavy atom. The molecule has 7 nitrogen and oxygen atoms in total. The number of phosphoric ester groups is 1. The zero-order chi connectivity index (χ0) is 20.8. The molecule has 172 valence electrons. The molecule has 0 saturated carbocycles.